The lowest BCUT2D eigenvalue weighted by Crippen LogP contribution is -2.10. The van der Waals surface area contributed by atoms with Crippen molar-refractivity contribution in [2.75, 3.05) is 0 Å². The monoisotopic (exact) mass is 180 g/mol. The Kier molecular flexibility index (Phi) is 4.60. The molecule has 0 heterocycles. The molecule has 0 aromatic rings. The van der Waals surface area contributed by atoms with Gasteiger partial charge in [0, 0.05) is 11.4 Å². The zero-order valence-electron chi connectivity index (χ0n) is 9.23. The Bertz CT molecular complexity index is 234. The minimum Gasteiger partial charge on any atom is -0.305 e. The first kappa shape index (κ1) is 12.1. The molecule has 0 unspecified atom stereocenters. The Labute approximate surface area is 81.1 Å². The number of hydrogen-bond acceptors (Lipinski definition) is 2. The molecule has 0 rings (SSSR count). The summed E-state index contributed by atoms with van der Waals surface area (Å²) in [6, 6.07) is 0. The standard InChI is InChI=1S/C11H20N2/c1-7(2)10(12)6-9(5)11(13)8(3)4/h6-8,12-13H,1-5H3/b9-6-,12-10?,13-11?. The van der Waals surface area contributed by atoms with Gasteiger partial charge in [0.05, 0.1) is 0 Å². The van der Waals surface area contributed by atoms with Crippen molar-refractivity contribution in [2.45, 2.75) is 34.6 Å². The van der Waals surface area contributed by atoms with E-state index in [1.54, 1.807) is 6.08 Å². The van der Waals surface area contributed by atoms with Crippen LogP contribution in [0.1, 0.15) is 34.6 Å². The lowest BCUT2D eigenvalue weighted by Gasteiger charge is -2.09. The molecule has 0 amide bonds. The van der Waals surface area contributed by atoms with Crippen LogP contribution in [0.4, 0.5) is 0 Å². The summed E-state index contributed by atoms with van der Waals surface area (Å²) in [5, 5.41) is 15.4. The second-order valence-electron chi connectivity index (χ2n) is 4.01. The summed E-state index contributed by atoms with van der Waals surface area (Å²) >= 11 is 0. The molecular weight excluding hydrogens is 160 g/mol. The molecule has 0 atom stereocenters. The molecule has 0 spiro atoms. The van der Waals surface area contributed by atoms with Crippen LogP contribution in [0.25, 0.3) is 0 Å². The molecule has 2 N–H and O–H groups in total. The first-order chi connectivity index (χ1) is 5.86. The second-order valence-corrected chi connectivity index (χ2v) is 4.01. The van der Waals surface area contributed by atoms with Crippen LogP contribution in [0.15, 0.2) is 11.6 Å². The molecule has 0 aliphatic heterocycles. The maximum Gasteiger partial charge on any atom is 0.0369 e. The van der Waals surface area contributed by atoms with E-state index >= 15 is 0 Å². The van der Waals surface area contributed by atoms with Crippen LogP contribution in [0.2, 0.25) is 0 Å². The van der Waals surface area contributed by atoms with Crippen molar-refractivity contribution in [3.8, 4) is 0 Å². The summed E-state index contributed by atoms with van der Waals surface area (Å²) in [4.78, 5) is 0. The summed E-state index contributed by atoms with van der Waals surface area (Å²) in [5.74, 6) is 0.492. The topological polar surface area (TPSA) is 47.7 Å². The molecule has 0 saturated carbocycles. The van der Waals surface area contributed by atoms with E-state index in [-0.39, 0.29) is 11.8 Å². The average molecular weight is 180 g/mol. The van der Waals surface area contributed by atoms with Gasteiger partial charge in [-0.2, -0.15) is 0 Å². The molecule has 0 aliphatic carbocycles. The second kappa shape index (κ2) is 4.95. The SMILES string of the molecule is C/C(=C/C(=N)C(C)C)C(=N)C(C)C. The molecule has 74 valence electrons. The van der Waals surface area contributed by atoms with Gasteiger partial charge < -0.3 is 10.8 Å². The number of allylic oxidation sites excluding steroid dienone is 2. The average Bonchev–Trinajstić information content (AvgIpc) is 2.02. The highest BCUT2D eigenvalue weighted by molar-refractivity contribution is 6.05. The fourth-order valence-corrected chi connectivity index (χ4v) is 0.933. The zero-order chi connectivity index (χ0) is 10.6. The van der Waals surface area contributed by atoms with Crippen LogP contribution < -0.4 is 0 Å². The van der Waals surface area contributed by atoms with Crippen molar-refractivity contribution < 1.29 is 0 Å². The maximum atomic E-state index is 7.72. The minimum atomic E-state index is 0.245. The van der Waals surface area contributed by atoms with Gasteiger partial charge in [-0.25, -0.2) is 0 Å². The predicted molar refractivity (Wildman–Crippen MR) is 58.9 cm³/mol. The number of hydrogen-bond donors (Lipinski definition) is 2. The fourth-order valence-electron chi connectivity index (χ4n) is 0.933. The van der Waals surface area contributed by atoms with Crippen LogP contribution in [-0.2, 0) is 0 Å². The largest absolute Gasteiger partial charge is 0.305 e. The van der Waals surface area contributed by atoms with Crippen molar-refractivity contribution in [1.29, 1.82) is 10.8 Å². The van der Waals surface area contributed by atoms with E-state index in [4.69, 9.17) is 10.8 Å². The third kappa shape index (κ3) is 4.02. The smallest absolute Gasteiger partial charge is 0.0369 e. The predicted octanol–water partition coefficient (Wildman–Crippen LogP) is 3.28. The minimum absolute atomic E-state index is 0.245. The van der Waals surface area contributed by atoms with Crippen LogP contribution >= 0.6 is 0 Å². The van der Waals surface area contributed by atoms with Gasteiger partial charge in [-0.3, -0.25) is 0 Å². The summed E-state index contributed by atoms with van der Waals surface area (Å²) in [6.45, 7) is 9.88. The van der Waals surface area contributed by atoms with E-state index < -0.39 is 0 Å². The molecule has 0 saturated heterocycles. The maximum absolute atomic E-state index is 7.72. The molecular formula is C11H20N2. The van der Waals surface area contributed by atoms with E-state index in [0.29, 0.717) is 11.4 Å². The normalized spacial score (nSPS) is 12.4. The van der Waals surface area contributed by atoms with E-state index in [2.05, 4.69) is 0 Å². The van der Waals surface area contributed by atoms with Crippen LogP contribution in [0, 0.1) is 22.7 Å². The molecule has 2 heteroatoms. The van der Waals surface area contributed by atoms with Gasteiger partial charge >= 0.3 is 0 Å². The zero-order valence-corrected chi connectivity index (χ0v) is 9.23. The van der Waals surface area contributed by atoms with Gasteiger partial charge in [0.25, 0.3) is 0 Å². The van der Waals surface area contributed by atoms with Gasteiger partial charge in [0.1, 0.15) is 0 Å². The molecule has 0 fully saturated rings. The van der Waals surface area contributed by atoms with Gasteiger partial charge in [0.2, 0.25) is 0 Å². The van der Waals surface area contributed by atoms with Crippen molar-refractivity contribution in [3.05, 3.63) is 11.6 Å². The van der Waals surface area contributed by atoms with Gasteiger partial charge in [0.15, 0.2) is 0 Å². The number of nitrogens with one attached hydrogen (secondary N) is 2. The van der Waals surface area contributed by atoms with Gasteiger partial charge in [-0.15, -0.1) is 0 Å². The summed E-state index contributed by atoms with van der Waals surface area (Å²) in [5.41, 5.74) is 2.14. The van der Waals surface area contributed by atoms with Gasteiger partial charge in [-0.1, -0.05) is 27.7 Å². The summed E-state index contributed by atoms with van der Waals surface area (Å²) in [6.07, 6.45) is 1.80. The van der Waals surface area contributed by atoms with Crippen LogP contribution in [0.3, 0.4) is 0 Å². The molecule has 2 nitrogen and oxygen atoms in total. The molecule has 0 aromatic carbocycles. The third-order valence-corrected chi connectivity index (χ3v) is 2.00. The highest BCUT2D eigenvalue weighted by Crippen LogP contribution is 2.07. The molecule has 0 bridgehead atoms. The highest BCUT2D eigenvalue weighted by Gasteiger charge is 2.06. The van der Waals surface area contributed by atoms with E-state index in [1.807, 2.05) is 34.6 Å². The van der Waals surface area contributed by atoms with Crippen LogP contribution in [-0.4, -0.2) is 11.4 Å². The Hall–Kier alpha value is -0.920. The Balaban J connectivity index is 4.50. The molecule has 0 radical (unpaired) electrons. The van der Waals surface area contributed by atoms with E-state index in [1.165, 1.54) is 0 Å². The molecule has 0 aromatic heterocycles. The van der Waals surface area contributed by atoms with Gasteiger partial charge in [-0.05, 0) is 30.4 Å². The lowest BCUT2D eigenvalue weighted by molar-refractivity contribution is 0.870. The van der Waals surface area contributed by atoms with Crippen molar-refractivity contribution >= 4 is 11.4 Å². The summed E-state index contributed by atoms with van der Waals surface area (Å²) < 4.78 is 0. The quantitative estimate of drug-likeness (QED) is 0.624. The van der Waals surface area contributed by atoms with E-state index in [9.17, 15) is 0 Å². The van der Waals surface area contributed by atoms with E-state index in [0.717, 1.165) is 5.57 Å². The van der Waals surface area contributed by atoms with Crippen molar-refractivity contribution in [2.24, 2.45) is 11.8 Å². The third-order valence-electron chi connectivity index (χ3n) is 2.00. The Morgan fingerprint density at radius 2 is 1.46 bits per heavy atom. The highest BCUT2D eigenvalue weighted by atomic mass is 14.5. The van der Waals surface area contributed by atoms with Crippen LogP contribution in [0.5, 0.6) is 0 Å². The Morgan fingerprint density at radius 3 is 1.77 bits per heavy atom. The van der Waals surface area contributed by atoms with Crippen molar-refractivity contribution in [1.82, 2.24) is 0 Å². The summed E-state index contributed by atoms with van der Waals surface area (Å²) in [7, 11) is 0. The Morgan fingerprint density at radius 1 is 1.00 bits per heavy atom. The first-order valence-corrected chi connectivity index (χ1v) is 4.71. The molecule has 0 aliphatic rings. The lowest BCUT2D eigenvalue weighted by atomic mass is 9.98. The van der Waals surface area contributed by atoms with Crippen molar-refractivity contribution in [3.63, 3.8) is 0 Å². The molecule has 13 heavy (non-hydrogen) atoms. The first-order valence-electron chi connectivity index (χ1n) is 4.71. The number of rotatable bonds is 4. The fraction of sp³-hybridized carbons (Fsp3) is 0.636.